The van der Waals surface area contributed by atoms with Crippen LogP contribution in [0.5, 0.6) is 0 Å². The highest BCUT2D eigenvalue weighted by Crippen LogP contribution is 2.00. The lowest BCUT2D eigenvalue weighted by Gasteiger charge is -2.32. The fraction of sp³-hybridized carbons (Fsp3) is 0.857. The van der Waals surface area contributed by atoms with Gasteiger partial charge in [-0.05, 0) is 6.92 Å². The van der Waals surface area contributed by atoms with Gasteiger partial charge in [-0.1, -0.05) is 0 Å². The summed E-state index contributed by atoms with van der Waals surface area (Å²) in [7, 11) is 0. The predicted molar refractivity (Wildman–Crippen MR) is 43.1 cm³/mol. The summed E-state index contributed by atoms with van der Waals surface area (Å²) in [5.41, 5.74) is 5.39. The fourth-order valence-electron chi connectivity index (χ4n) is 1.25. The second-order valence-corrected chi connectivity index (χ2v) is 2.91. The number of nitrogens with two attached hydrogens (primary N) is 1. The zero-order valence-corrected chi connectivity index (χ0v) is 6.84. The molecule has 64 valence electrons. The molecule has 0 aromatic carbocycles. The van der Waals surface area contributed by atoms with E-state index in [2.05, 4.69) is 17.1 Å². The molecule has 1 fully saturated rings. The van der Waals surface area contributed by atoms with Crippen LogP contribution in [-0.4, -0.2) is 43.0 Å². The van der Waals surface area contributed by atoms with Gasteiger partial charge >= 0.3 is 0 Å². The Balaban J connectivity index is 2.40. The number of carbonyl (C=O) groups excluding carboxylic acids is 1. The molecule has 4 nitrogen and oxygen atoms in total. The molecule has 3 N–H and O–H groups in total. The summed E-state index contributed by atoms with van der Waals surface area (Å²) in [4.78, 5) is 13.0. The van der Waals surface area contributed by atoms with Crippen molar-refractivity contribution < 1.29 is 4.79 Å². The van der Waals surface area contributed by atoms with E-state index in [1.165, 1.54) is 0 Å². The van der Waals surface area contributed by atoms with Crippen molar-refractivity contribution in [2.24, 2.45) is 5.73 Å². The molecule has 1 amide bonds. The summed E-state index contributed by atoms with van der Waals surface area (Å²) in [5, 5.41) is 2.80. The van der Waals surface area contributed by atoms with Gasteiger partial charge < -0.3 is 11.1 Å². The van der Waals surface area contributed by atoms with Crippen LogP contribution in [0.4, 0.5) is 0 Å². The highest BCUT2D eigenvalue weighted by Gasteiger charge is 2.21. The maximum absolute atomic E-state index is 10.9. The van der Waals surface area contributed by atoms with Crippen molar-refractivity contribution in [3.05, 3.63) is 0 Å². The number of carbonyl (C=O) groups is 1. The van der Waals surface area contributed by atoms with E-state index >= 15 is 0 Å². The van der Waals surface area contributed by atoms with E-state index in [9.17, 15) is 4.79 Å². The molecule has 1 saturated heterocycles. The molecule has 4 heteroatoms. The third-order valence-electron chi connectivity index (χ3n) is 1.98. The van der Waals surface area contributed by atoms with Crippen LogP contribution >= 0.6 is 0 Å². The van der Waals surface area contributed by atoms with Gasteiger partial charge in [0.1, 0.15) is 0 Å². The third-order valence-corrected chi connectivity index (χ3v) is 1.98. The number of hydrogen-bond acceptors (Lipinski definition) is 3. The summed E-state index contributed by atoms with van der Waals surface area (Å²) < 4.78 is 0. The molecule has 0 spiro atoms. The molecule has 1 aliphatic rings. The minimum Gasteiger partial charge on any atom is -0.353 e. The molecule has 0 aromatic heterocycles. The number of hydrogen-bond donors (Lipinski definition) is 2. The number of nitrogens with one attached hydrogen (secondary N) is 1. The van der Waals surface area contributed by atoms with E-state index in [0.29, 0.717) is 19.1 Å². The van der Waals surface area contributed by atoms with Gasteiger partial charge in [0, 0.05) is 25.7 Å². The van der Waals surface area contributed by atoms with Crippen molar-refractivity contribution in [2.45, 2.75) is 13.0 Å². The lowest BCUT2D eigenvalue weighted by Crippen LogP contribution is -2.54. The first-order chi connectivity index (χ1) is 5.24. The largest absolute Gasteiger partial charge is 0.353 e. The minimum absolute atomic E-state index is 0.108. The molecule has 11 heavy (non-hydrogen) atoms. The standard InChI is InChI=1S/C7H15N3O/c1-6-4-9-7(11)5-10(6)3-2-8/h6H,2-5,8H2,1H3,(H,9,11). The average molecular weight is 157 g/mol. The van der Waals surface area contributed by atoms with E-state index in [-0.39, 0.29) is 5.91 Å². The Hall–Kier alpha value is -0.610. The van der Waals surface area contributed by atoms with Crippen LogP contribution in [0, 0.1) is 0 Å². The first-order valence-corrected chi connectivity index (χ1v) is 3.95. The molecule has 1 heterocycles. The Morgan fingerprint density at radius 3 is 3.18 bits per heavy atom. The van der Waals surface area contributed by atoms with E-state index in [4.69, 9.17) is 5.73 Å². The monoisotopic (exact) mass is 157 g/mol. The molecule has 0 bridgehead atoms. The number of rotatable bonds is 2. The van der Waals surface area contributed by atoms with Gasteiger partial charge in [0.05, 0.1) is 6.54 Å². The van der Waals surface area contributed by atoms with E-state index in [1.54, 1.807) is 0 Å². The number of piperazine rings is 1. The Morgan fingerprint density at radius 1 is 1.82 bits per heavy atom. The van der Waals surface area contributed by atoms with Crippen molar-refractivity contribution >= 4 is 5.91 Å². The molecule has 1 unspecified atom stereocenters. The predicted octanol–water partition coefficient (Wildman–Crippen LogP) is -1.23. The summed E-state index contributed by atoms with van der Waals surface area (Å²) in [6, 6.07) is 0.427. The summed E-state index contributed by atoms with van der Waals surface area (Å²) in [6.45, 7) is 4.78. The highest BCUT2D eigenvalue weighted by atomic mass is 16.2. The molecular formula is C7H15N3O. The molecule has 0 aromatic rings. The zero-order chi connectivity index (χ0) is 8.27. The van der Waals surface area contributed by atoms with Gasteiger partial charge in [0.2, 0.25) is 5.91 Å². The Labute approximate surface area is 66.7 Å². The summed E-state index contributed by atoms with van der Waals surface area (Å²) in [5.74, 6) is 0.108. The van der Waals surface area contributed by atoms with Gasteiger partial charge in [0.15, 0.2) is 0 Å². The van der Waals surface area contributed by atoms with Crippen molar-refractivity contribution in [3.8, 4) is 0 Å². The van der Waals surface area contributed by atoms with Crippen molar-refractivity contribution in [3.63, 3.8) is 0 Å². The maximum atomic E-state index is 10.9. The van der Waals surface area contributed by atoms with Crippen LogP contribution in [-0.2, 0) is 4.79 Å². The van der Waals surface area contributed by atoms with Crippen molar-refractivity contribution in [1.82, 2.24) is 10.2 Å². The van der Waals surface area contributed by atoms with Gasteiger partial charge in [0.25, 0.3) is 0 Å². The molecule has 0 radical (unpaired) electrons. The van der Waals surface area contributed by atoms with Gasteiger partial charge in [-0.15, -0.1) is 0 Å². The van der Waals surface area contributed by atoms with Crippen molar-refractivity contribution in [1.29, 1.82) is 0 Å². The second-order valence-electron chi connectivity index (χ2n) is 2.91. The van der Waals surface area contributed by atoms with E-state index in [1.807, 2.05) is 0 Å². The molecule has 0 saturated carbocycles. The van der Waals surface area contributed by atoms with Crippen LogP contribution in [0.3, 0.4) is 0 Å². The molecule has 0 aliphatic carbocycles. The lowest BCUT2D eigenvalue weighted by molar-refractivity contribution is -0.125. The van der Waals surface area contributed by atoms with Crippen LogP contribution in [0.2, 0.25) is 0 Å². The Bertz CT molecular complexity index is 149. The molecule has 1 atom stereocenters. The van der Waals surface area contributed by atoms with Gasteiger partial charge in [-0.25, -0.2) is 0 Å². The summed E-state index contributed by atoms with van der Waals surface area (Å²) >= 11 is 0. The van der Waals surface area contributed by atoms with Crippen LogP contribution in [0.15, 0.2) is 0 Å². The first-order valence-electron chi connectivity index (χ1n) is 3.95. The quantitative estimate of drug-likeness (QED) is 0.527. The minimum atomic E-state index is 0.108. The first kappa shape index (κ1) is 8.49. The Kier molecular flexibility index (Phi) is 2.84. The highest BCUT2D eigenvalue weighted by molar-refractivity contribution is 5.78. The van der Waals surface area contributed by atoms with Gasteiger partial charge in [-0.3, -0.25) is 9.69 Å². The third kappa shape index (κ3) is 2.17. The summed E-state index contributed by atoms with van der Waals surface area (Å²) in [6.07, 6.45) is 0. The zero-order valence-electron chi connectivity index (χ0n) is 6.84. The van der Waals surface area contributed by atoms with Crippen LogP contribution < -0.4 is 11.1 Å². The topological polar surface area (TPSA) is 58.4 Å². The van der Waals surface area contributed by atoms with Crippen LogP contribution in [0.1, 0.15) is 6.92 Å². The van der Waals surface area contributed by atoms with Crippen LogP contribution in [0.25, 0.3) is 0 Å². The maximum Gasteiger partial charge on any atom is 0.234 e. The fourth-order valence-corrected chi connectivity index (χ4v) is 1.25. The van der Waals surface area contributed by atoms with E-state index < -0.39 is 0 Å². The molecule has 1 rings (SSSR count). The Morgan fingerprint density at radius 2 is 2.55 bits per heavy atom. The molecular weight excluding hydrogens is 142 g/mol. The SMILES string of the molecule is CC1CNC(=O)CN1CCN. The van der Waals surface area contributed by atoms with E-state index in [0.717, 1.165) is 13.1 Å². The van der Waals surface area contributed by atoms with Crippen molar-refractivity contribution in [2.75, 3.05) is 26.2 Å². The second kappa shape index (κ2) is 3.69. The lowest BCUT2D eigenvalue weighted by atomic mass is 10.2. The van der Waals surface area contributed by atoms with Gasteiger partial charge in [-0.2, -0.15) is 0 Å². The molecule has 1 aliphatic heterocycles. The number of nitrogens with zero attached hydrogens (tertiary/aromatic N) is 1. The number of amides is 1. The normalized spacial score (nSPS) is 26.7. The smallest absolute Gasteiger partial charge is 0.234 e. The average Bonchev–Trinajstić information content (AvgIpc) is 1.98.